The molecule has 30 heavy (non-hydrogen) atoms. The van der Waals surface area contributed by atoms with Gasteiger partial charge in [0.25, 0.3) is 0 Å². The van der Waals surface area contributed by atoms with Crippen molar-refractivity contribution in [1.29, 1.82) is 0 Å². The Morgan fingerprint density at radius 2 is 2.00 bits per heavy atom. The average Bonchev–Trinajstić information content (AvgIpc) is 3.08. The number of carboxylic acids is 1. The van der Waals surface area contributed by atoms with E-state index in [9.17, 15) is 14.3 Å². The minimum absolute atomic E-state index is 0.166. The second-order valence-electron chi connectivity index (χ2n) is 6.87. The first-order valence-electron chi connectivity index (χ1n) is 9.67. The molecule has 0 amide bonds. The van der Waals surface area contributed by atoms with Crippen molar-refractivity contribution >= 4 is 5.97 Å². The van der Waals surface area contributed by atoms with Gasteiger partial charge in [-0.15, -0.1) is 0 Å². The lowest BCUT2D eigenvalue weighted by Gasteiger charge is -2.15. The van der Waals surface area contributed by atoms with Gasteiger partial charge in [-0.1, -0.05) is 18.2 Å². The van der Waals surface area contributed by atoms with E-state index in [1.807, 2.05) is 19.1 Å². The number of carboxylic acid groups (broad SMARTS) is 1. The monoisotopic (exact) mass is 413 g/mol. The molecule has 1 heterocycles. The molecule has 6 nitrogen and oxygen atoms in total. The van der Waals surface area contributed by atoms with Crippen molar-refractivity contribution in [2.75, 3.05) is 6.61 Å². The number of aromatic nitrogens is 1. The number of aliphatic carboxylic acids is 1. The van der Waals surface area contributed by atoms with Crippen LogP contribution in [0.3, 0.4) is 0 Å². The lowest BCUT2D eigenvalue weighted by atomic mass is 10.0. The Labute approximate surface area is 174 Å². The van der Waals surface area contributed by atoms with Crippen molar-refractivity contribution < 1.29 is 28.2 Å². The Bertz CT molecular complexity index is 1030. The number of hydrogen-bond donors (Lipinski definition) is 1. The van der Waals surface area contributed by atoms with Gasteiger partial charge in [0.2, 0.25) is 5.89 Å². The van der Waals surface area contributed by atoms with Gasteiger partial charge in [0.05, 0.1) is 5.56 Å². The van der Waals surface area contributed by atoms with Crippen molar-refractivity contribution in [3.8, 4) is 17.2 Å². The van der Waals surface area contributed by atoms with Crippen LogP contribution in [0.2, 0.25) is 0 Å². The van der Waals surface area contributed by atoms with Crippen LogP contribution in [-0.2, 0) is 22.6 Å². The fourth-order valence-electron chi connectivity index (χ4n) is 3.07. The number of hydrogen-bond acceptors (Lipinski definition) is 5. The number of ether oxygens (including phenoxy) is 2. The summed E-state index contributed by atoms with van der Waals surface area (Å²) in [6.07, 6.45) is -0.598. The summed E-state index contributed by atoms with van der Waals surface area (Å²) in [5.74, 6) is 0.0104. The first-order valence-corrected chi connectivity index (χ1v) is 9.67. The van der Waals surface area contributed by atoms with Gasteiger partial charge in [-0.2, -0.15) is 0 Å². The molecule has 0 saturated heterocycles. The predicted octanol–water partition coefficient (Wildman–Crippen LogP) is 4.71. The highest BCUT2D eigenvalue weighted by atomic mass is 19.1. The molecule has 1 atom stereocenters. The first kappa shape index (κ1) is 21.5. The number of rotatable bonds is 9. The van der Waals surface area contributed by atoms with Gasteiger partial charge in [0.1, 0.15) is 29.6 Å². The number of halogens is 1. The molecule has 0 spiro atoms. The quantitative estimate of drug-likeness (QED) is 0.547. The molecule has 0 aliphatic heterocycles. The SMILES string of the molecule is CCOC(Cc1ccc(OCc2nc(-c3ccccc3F)oc2C)cc1C)C(=O)O. The highest BCUT2D eigenvalue weighted by Gasteiger charge is 2.19. The van der Waals surface area contributed by atoms with Crippen LogP contribution in [0.4, 0.5) is 4.39 Å². The fourth-order valence-corrected chi connectivity index (χ4v) is 3.07. The van der Waals surface area contributed by atoms with Crippen LogP contribution >= 0.6 is 0 Å². The molecule has 3 aromatic rings. The minimum Gasteiger partial charge on any atom is -0.487 e. The molecule has 0 aliphatic carbocycles. The van der Waals surface area contributed by atoms with Crippen molar-refractivity contribution in [1.82, 2.24) is 4.98 Å². The molecule has 1 N–H and O–H groups in total. The standard InChI is InChI=1S/C23H24FNO5/c1-4-28-21(23(26)27)12-16-9-10-17(11-14(16)2)29-13-20-15(3)30-22(25-20)18-7-5-6-8-19(18)24/h5-11,21H,4,12-13H2,1-3H3,(H,26,27). The number of oxazole rings is 1. The van der Waals surface area contributed by atoms with E-state index in [0.717, 1.165) is 11.1 Å². The average molecular weight is 413 g/mol. The lowest BCUT2D eigenvalue weighted by molar-refractivity contribution is -0.149. The van der Waals surface area contributed by atoms with E-state index >= 15 is 0 Å². The number of aryl methyl sites for hydroxylation is 2. The van der Waals surface area contributed by atoms with Gasteiger partial charge >= 0.3 is 5.97 Å². The number of benzene rings is 2. The Hall–Kier alpha value is -3.19. The van der Waals surface area contributed by atoms with Crippen molar-refractivity contribution in [2.24, 2.45) is 0 Å². The summed E-state index contributed by atoms with van der Waals surface area (Å²) in [6.45, 7) is 5.92. The van der Waals surface area contributed by atoms with E-state index in [2.05, 4.69) is 4.98 Å². The second-order valence-corrected chi connectivity index (χ2v) is 6.87. The van der Waals surface area contributed by atoms with Gasteiger partial charge < -0.3 is 19.0 Å². The van der Waals surface area contributed by atoms with Crippen LogP contribution in [0.15, 0.2) is 46.9 Å². The predicted molar refractivity (Wildman–Crippen MR) is 109 cm³/mol. The molecule has 0 bridgehead atoms. The van der Waals surface area contributed by atoms with E-state index in [-0.39, 0.29) is 18.9 Å². The summed E-state index contributed by atoms with van der Waals surface area (Å²) in [6, 6.07) is 11.8. The molecule has 0 fully saturated rings. The second kappa shape index (κ2) is 9.54. The molecule has 7 heteroatoms. The zero-order valence-corrected chi connectivity index (χ0v) is 17.1. The minimum atomic E-state index is -0.983. The summed E-state index contributed by atoms with van der Waals surface area (Å²) < 4.78 is 30.7. The maximum atomic E-state index is 14.0. The van der Waals surface area contributed by atoms with Crippen molar-refractivity contribution in [3.63, 3.8) is 0 Å². The van der Waals surface area contributed by atoms with E-state index in [1.54, 1.807) is 38.1 Å². The summed E-state index contributed by atoms with van der Waals surface area (Å²) in [5.41, 5.74) is 2.66. The Morgan fingerprint density at radius 1 is 1.23 bits per heavy atom. The Balaban J connectivity index is 1.69. The van der Waals surface area contributed by atoms with Gasteiger partial charge in [-0.25, -0.2) is 14.2 Å². The number of carbonyl (C=O) groups is 1. The van der Waals surface area contributed by atoms with E-state index < -0.39 is 17.9 Å². The zero-order valence-electron chi connectivity index (χ0n) is 17.1. The van der Waals surface area contributed by atoms with Crippen LogP contribution in [0.5, 0.6) is 5.75 Å². The van der Waals surface area contributed by atoms with Gasteiger partial charge in [0.15, 0.2) is 6.10 Å². The Morgan fingerprint density at radius 3 is 2.67 bits per heavy atom. The summed E-state index contributed by atoms with van der Waals surface area (Å²) in [7, 11) is 0. The van der Waals surface area contributed by atoms with Gasteiger partial charge in [-0.05, 0) is 56.2 Å². The van der Waals surface area contributed by atoms with Crippen molar-refractivity contribution in [2.45, 2.75) is 39.9 Å². The van der Waals surface area contributed by atoms with Gasteiger partial charge in [0, 0.05) is 13.0 Å². The molecule has 2 aromatic carbocycles. The zero-order chi connectivity index (χ0) is 21.7. The lowest BCUT2D eigenvalue weighted by Crippen LogP contribution is -2.26. The molecular formula is C23H24FNO5. The highest BCUT2D eigenvalue weighted by Crippen LogP contribution is 2.26. The van der Waals surface area contributed by atoms with Crippen LogP contribution in [-0.4, -0.2) is 28.8 Å². The van der Waals surface area contributed by atoms with E-state index in [4.69, 9.17) is 13.9 Å². The number of nitrogens with zero attached hydrogens (tertiary/aromatic N) is 1. The molecule has 0 saturated carbocycles. The maximum absolute atomic E-state index is 14.0. The van der Waals surface area contributed by atoms with Crippen LogP contribution < -0.4 is 4.74 Å². The summed E-state index contributed by atoms with van der Waals surface area (Å²) >= 11 is 0. The molecular weight excluding hydrogens is 389 g/mol. The molecule has 1 unspecified atom stereocenters. The third kappa shape index (κ3) is 5.04. The van der Waals surface area contributed by atoms with Crippen molar-refractivity contribution in [3.05, 3.63) is 70.9 Å². The van der Waals surface area contributed by atoms with Crippen LogP contribution in [0.1, 0.15) is 29.5 Å². The largest absolute Gasteiger partial charge is 0.487 e. The van der Waals surface area contributed by atoms with E-state index in [0.29, 0.717) is 29.4 Å². The van der Waals surface area contributed by atoms with Crippen LogP contribution in [0, 0.1) is 19.7 Å². The summed E-state index contributed by atoms with van der Waals surface area (Å²) in [5, 5.41) is 9.26. The normalized spacial score (nSPS) is 12.0. The fraction of sp³-hybridized carbons (Fsp3) is 0.304. The molecule has 1 aromatic heterocycles. The molecule has 0 radical (unpaired) electrons. The topological polar surface area (TPSA) is 81.8 Å². The summed E-state index contributed by atoms with van der Waals surface area (Å²) in [4.78, 5) is 15.7. The molecule has 3 rings (SSSR count). The Kier molecular flexibility index (Phi) is 6.84. The van der Waals surface area contributed by atoms with Gasteiger partial charge in [-0.3, -0.25) is 0 Å². The molecule has 158 valence electrons. The smallest absolute Gasteiger partial charge is 0.333 e. The maximum Gasteiger partial charge on any atom is 0.333 e. The first-order chi connectivity index (χ1) is 14.4. The van der Waals surface area contributed by atoms with Crippen LogP contribution in [0.25, 0.3) is 11.5 Å². The highest BCUT2D eigenvalue weighted by molar-refractivity contribution is 5.72. The van der Waals surface area contributed by atoms with E-state index in [1.165, 1.54) is 6.07 Å². The third-order valence-corrected chi connectivity index (χ3v) is 4.74. The third-order valence-electron chi connectivity index (χ3n) is 4.74. The molecule has 0 aliphatic rings.